The van der Waals surface area contributed by atoms with Crippen molar-refractivity contribution in [1.82, 2.24) is 0 Å². The van der Waals surface area contributed by atoms with Gasteiger partial charge in [0.2, 0.25) is 0 Å². The van der Waals surface area contributed by atoms with Crippen molar-refractivity contribution in [3.63, 3.8) is 0 Å². The molecule has 0 bridgehead atoms. The normalized spacial score (nSPS) is 11.8. The minimum atomic E-state index is -0.629. The van der Waals surface area contributed by atoms with Gasteiger partial charge in [0.05, 0.1) is 5.02 Å². The first kappa shape index (κ1) is 14.4. The van der Waals surface area contributed by atoms with E-state index in [1.54, 1.807) is 19.1 Å². The molecule has 0 fully saturated rings. The van der Waals surface area contributed by atoms with Crippen LogP contribution in [-0.2, 0) is 4.79 Å². The lowest BCUT2D eigenvalue weighted by Gasteiger charge is -2.15. The van der Waals surface area contributed by atoms with E-state index in [9.17, 15) is 4.79 Å². The summed E-state index contributed by atoms with van der Waals surface area (Å²) in [4.78, 5) is 12.0. The second-order valence-corrected chi connectivity index (χ2v) is 4.95. The van der Waals surface area contributed by atoms with Gasteiger partial charge in [-0.2, -0.15) is 0 Å². The number of ether oxygens (including phenoxy) is 1. The maximum absolute atomic E-state index is 12.0. The van der Waals surface area contributed by atoms with Gasteiger partial charge in [-0.05, 0) is 38.1 Å². The number of nitrogens with one attached hydrogen (secondary N) is 1. The number of hydrogen-bond donors (Lipinski definition) is 1. The van der Waals surface area contributed by atoms with Gasteiger partial charge in [0.25, 0.3) is 5.91 Å². The van der Waals surface area contributed by atoms with Crippen LogP contribution in [0.2, 0.25) is 5.02 Å². The molecule has 0 aliphatic carbocycles. The maximum Gasteiger partial charge on any atom is 0.265 e. The molecule has 0 heterocycles. The summed E-state index contributed by atoms with van der Waals surface area (Å²) >= 11 is 5.99. The second kappa shape index (κ2) is 6.44. The first-order chi connectivity index (χ1) is 9.56. The molecule has 0 spiro atoms. The lowest BCUT2D eigenvalue weighted by molar-refractivity contribution is -0.122. The van der Waals surface area contributed by atoms with Crippen molar-refractivity contribution in [3.05, 3.63) is 59.1 Å². The fraction of sp³-hybridized carbons (Fsp3) is 0.188. The van der Waals surface area contributed by atoms with Crippen molar-refractivity contribution in [2.75, 3.05) is 5.32 Å². The average molecular weight is 290 g/mol. The number of carbonyl (C=O) groups is 1. The smallest absolute Gasteiger partial charge is 0.265 e. The number of para-hydroxylation sites is 1. The van der Waals surface area contributed by atoms with Crippen LogP contribution in [-0.4, -0.2) is 12.0 Å². The summed E-state index contributed by atoms with van der Waals surface area (Å²) in [6.07, 6.45) is -0.629. The molecule has 0 unspecified atom stereocenters. The number of amides is 1. The molecule has 104 valence electrons. The molecule has 1 N–H and O–H groups in total. The van der Waals surface area contributed by atoms with Gasteiger partial charge in [-0.15, -0.1) is 0 Å². The Morgan fingerprint density at radius 3 is 2.45 bits per heavy atom. The quantitative estimate of drug-likeness (QED) is 0.922. The van der Waals surface area contributed by atoms with Crippen molar-refractivity contribution >= 4 is 23.2 Å². The summed E-state index contributed by atoms with van der Waals surface area (Å²) in [7, 11) is 0. The topological polar surface area (TPSA) is 38.3 Å². The van der Waals surface area contributed by atoms with Gasteiger partial charge >= 0.3 is 0 Å². The first-order valence-corrected chi connectivity index (χ1v) is 6.73. The Morgan fingerprint density at radius 2 is 1.80 bits per heavy atom. The minimum Gasteiger partial charge on any atom is -0.479 e. The average Bonchev–Trinajstić information content (AvgIpc) is 2.44. The van der Waals surface area contributed by atoms with Crippen LogP contribution in [0.1, 0.15) is 12.5 Å². The first-order valence-electron chi connectivity index (χ1n) is 6.35. The largest absolute Gasteiger partial charge is 0.479 e. The molecule has 4 heteroatoms. The SMILES string of the molecule is Cc1ccc(NC(=O)[C@@H](C)Oc2ccccc2Cl)cc1. The molecule has 1 atom stereocenters. The Balaban J connectivity index is 1.99. The molecule has 2 aromatic carbocycles. The maximum atomic E-state index is 12.0. The highest BCUT2D eigenvalue weighted by atomic mass is 35.5. The van der Waals surface area contributed by atoms with Gasteiger partial charge in [-0.25, -0.2) is 0 Å². The van der Waals surface area contributed by atoms with Crippen LogP contribution >= 0.6 is 11.6 Å². The Morgan fingerprint density at radius 1 is 1.15 bits per heavy atom. The third-order valence-corrected chi connectivity index (χ3v) is 3.14. The number of anilines is 1. The fourth-order valence-corrected chi connectivity index (χ4v) is 1.85. The molecular weight excluding hydrogens is 274 g/mol. The summed E-state index contributed by atoms with van der Waals surface area (Å²) in [6.45, 7) is 3.68. The van der Waals surface area contributed by atoms with Crippen LogP contribution in [0.15, 0.2) is 48.5 Å². The lowest BCUT2D eigenvalue weighted by Crippen LogP contribution is -2.30. The Bertz CT molecular complexity index is 596. The molecule has 0 aromatic heterocycles. The third kappa shape index (κ3) is 3.75. The van der Waals surface area contributed by atoms with Crippen molar-refractivity contribution in [2.45, 2.75) is 20.0 Å². The predicted octanol–water partition coefficient (Wildman–Crippen LogP) is 4.05. The number of benzene rings is 2. The van der Waals surface area contributed by atoms with Crippen LogP contribution in [0.3, 0.4) is 0 Å². The highest BCUT2D eigenvalue weighted by Gasteiger charge is 2.15. The Kier molecular flexibility index (Phi) is 4.64. The number of aryl methyl sites for hydroxylation is 1. The fourth-order valence-electron chi connectivity index (χ4n) is 1.67. The van der Waals surface area contributed by atoms with Crippen LogP contribution in [0.4, 0.5) is 5.69 Å². The third-order valence-electron chi connectivity index (χ3n) is 2.83. The molecule has 3 nitrogen and oxygen atoms in total. The van der Waals surface area contributed by atoms with E-state index in [0.717, 1.165) is 11.3 Å². The Hall–Kier alpha value is -2.00. The highest BCUT2D eigenvalue weighted by molar-refractivity contribution is 6.32. The molecule has 0 saturated carbocycles. The zero-order valence-electron chi connectivity index (χ0n) is 11.4. The van der Waals surface area contributed by atoms with Crippen molar-refractivity contribution in [1.29, 1.82) is 0 Å². The molecule has 2 rings (SSSR count). The molecule has 0 radical (unpaired) electrons. The van der Waals surface area contributed by atoms with Gasteiger partial charge in [-0.1, -0.05) is 41.4 Å². The van der Waals surface area contributed by atoms with E-state index in [1.807, 2.05) is 43.3 Å². The van der Waals surface area contributed by atoms with Crippen molar-refractivity contribution < 1.29 is 9.53 Å². The predicted molar refractivity (Wildman–Crippen MR) is 81.4 cm³/mol. The van der Waals surface area contributed by atoms with E-state index in [1.165, 1.54) is 0 Å². The van der Waals surface area contributed by atoms with Gasteiger partial charge in [0.15, 0.2) is 6.10 Å². The van der Waals surface area contributed by atoms with Crippen LogP contribution in [0.25, 0.3) is 0 Å². The number of hydrogen-bond acceptors (Lipinski definition) is 2. The van der Waals surface area contributed by atoms with E-state index in [2.05, 4.69) is 5.32 Å². The summed E-state index contributed by atoms with van der Waals surface area (Å²) < 4.78 is 5.56. The number of halogens is 1. The van der Waals surface area contributed by atoms with Gasteiger partial charge in [0, 0.05) is 5.69 Å². The van der Waals surface area contributed by atoms with E-state index in [4.69, 9.17) is 16.3 Å². The van der Waals surface area contributed by atoms with Crippen LogP contribution in [0, 0.1) is 6.92 Å². The molecular formula is C16H16ClNO2. The van der Waals surface area contributed by atoms with Crippen LogP contribution in [0.5, 0.6) is 5.75 Å². The lowest BCUT2D eigenvalue weighted by atomic mass is 10.2. The second-order valence-electron chi connectivity index (χ2n) is 4.55. The number of carbonyl (C=O) groups excluding carboxylic acids is 1. The standard InChI is InChI=1S/C16H16ClNO2/c1-11-7-9-13(10-8-11)18-16(19)12(2)20-15-6-4-3-5-14(15)17/h3-10,12H,1-2H3,(H,18,19)/t12-/m1/s1. The summed E-state index contributed by atoms with van der Waals surface area (Å²) in [5, 5.41) is 3.29. The van der Waals surface area contributed by atoms with E-state index in [-0.39, 0.29) is 5.91 Å². The number of rotatable bonds is 4. The Labute approximate surface area is 123 Å². The summed E-state index contributed by atoms with van der Waals surface area (Å²) in [5.41, 5.74) is 1.89. The molecule has 0 aliphatic rings. The van der Waals surface area contributed by atoms with Gasteiger partial charge < -0.3 is 10.1 Å². The summed E-state index contributed by atoms with van der Waals surface area (Å²) in [5.74, 6) is 0.287. The minimum absolute atomic E-state index is 0.214. The monoisotopic (exact) mass is 289 g/mol. The van der Waals surface area contributed by atoms with E-state index >= 15 is 0 Å². The molecule has 0 saturated heterocycles. The van der Waals surface area contributed by atoms with Crippen molar-refractivity contribution in [3.8, 4) is 5.75 Å². The highest BCUT2D eigenvalue weighted by Crippen LogP contribution is 2.24. The van der Waals surface area contributed by atoms with E-state index in [0.29, 0.717) is 10.8 Å². The molecule has 1 amide bonds. The molecule has 0 aliphatic heterocycles. The zero-order valence-corrected chi connectivity index (χ0v) is 12.1. The summed E-state index contributed by atoms with van der Waals surface area (Å²) in [6, 6.07) is 14.7. The zero-order chi connectivity index (χ0) is 14.5. The molecule has 20 heavy (non-hydrogen) atoms. The van der Waals surface area contributed by atoms with Crippen molar-refractivity contribution in [2.24, 2.45) is 0 Å². The van der Waals surface area contributed by atoms with Crippen LogP contribution < -0.4 is 10.1 Å². The van der Waals surface area contributed by atoms with Gasteiger partial charge in [0.1, 0.15) is 5.75 Å². The van der Waals surface area contributed by atoms with Gasteiger partial charge in [-0.3, -0.25) is 4.79 Å². The molecule has 2 aromatic rings. The van der Waals surface area contributed by atoms with E-state index < -0.39 is 6.10 Å².